The molecule has 2 aromatic heterocycles. The van der Waals surface area contributed by atoms with Crippen molar-refractivity contribution in [1.29, 1.82) is 0 Å². The second-order valence-electron chi connectivity index (χ2n) is 5.19. The van der Waals surface area contributed by atoms with Crippen LogP contribution in [-0.4, -0.2) is 4.98 Å². The predicted octanol–water partition coefficient (Wildman–Crippen LogP) is 6.69. The normalized spacial score (nSPS) is 11.0. The van der Waals surface area contributed by atoms with Crippen LogP contribution in [0, 0.1) is 0 Å². The summed E-state index contributed by atoms with van der Waals surface area (Å²) in [6.07, 6.45) is 0. The Labute approximate surface area is 150 Å². The maximum Gasteiger partial charge on any atom is 0.169 e. The Kier molecular flexibility index (Phi) is 3.79. The van der Waals surface area contributed by atoms with Gasteiger partial charge in [0.15, 0.2) is 10.4 Å². The van der Waals surface area contributed by atoms with Crippen molar-refractivity contribution in [3.63, 3.8) is 0 Å². The van der Waals surface area contributed by atoms with Crippen LogP contribution in [0.1, 0.15) is 0 Å². The molecule has 0 amide bonds. The van der Waals surface area contributed by atoms with E-state index in [1.165, 1.54) is 0 Å². The molecule has 0 saturated heterocycles. The van der Waals surface area contributed by atoms with E-state index in [0.717, 1.165) is 38.0 Å². The van der Waals surface area contributed by atoms with Gasteiger partial charge in [-0.3, -0.25) is 0 Å². The number of rotatable bonds is 2. The molecule has 2 nitrogen and oxygen atoms in total. The van der Waals surface area contributed by atoms with Gasteiger partial charge in [-0.15, -0.1) is 0 Å². The molecule has 0 fully saturated rings. The first-order chi connectivity index (χ1) is 11.2. The first-order valence-electron chi connectivity index (χ1n) is 7.12. The van der Waals surface area contributed by atoms with Crippen molar-refractivity contribution < 1.29 is 4.42 Å². The zero-order valence-electron chi connectivity index (χ0n) is 12.0. The maximum atomic E-state index is 5.68. The molecule has 0 unspecified atom stereocenters. The Morgan fingerprint density at radius 2 is 1.65 bits per heavy atom. The summed E-state index contributed by atoms with van der Waals surface area (Å²) in [6.45, 7) is 0. The molecule has 0 saturated carbocycles. The van der Waals surface area contributed by atoms with Crippen molar-refractivity contribution >= 4 is 42.8 Å². The molecule has 4 rings (SSSR count). The van der Waals surface area contributed by atoms with E-state index in [0.29, 0.717) is 4.67 Å². The van der Waals surface area contributed by atoms with Crippen LogP contribution in [0.25, 0.3) is 33.5 Å². The zero-order chi connectivity index (χ0) is 15.8. The van der Waals surface area contributed by atoms with E-state index in [-0.39, 0.29) is 0 Å². The minimum absolute atomic E-state index is 0.700. The van der Waals surface area contributed by atoms with Crippen LogP contribution in [0.15, 0.2) is 80.3 Å². The van der Waals surface area contributed by atoms with Crippen LogP contribution in [0.2, 0.25) is 0 Å². The number of hydrogen-bond acceptors (Lipinski definition) is 2. The lowest BCUT2D eigenvalue weighted by atomic mass is 10.00. The van der Waals surface area contributed by atoms with Crippen molar-refractivity contribution in [1.82, 2.24) is 4.98 Å². The third-order valence-corrected chi connectivity index (χ3v) is 4.60. The topological polar surface area (TPSA) is 26.0 Å². The third-order valence-electron chi connectivity index (χ3n) is 3.68. The average molecular weight is 429 g/mol. The number of benzene rings is 2. The van der Waals surface area contributed by atoms with Crippen LogP contribution in [-0.2, 0) is 0 Å². The monoisotopic (exact) mass is 427 g/mol. The van der Waals surface area contributed by atoms with Gasteiger partial charge in [-0.2, -0.15) is 0 Å². The van der Waals surface area contributed by atoms with Gasteiger partial charge in [0.1, 0.15) is 5.69 Å². The Hall–Kier alpha value is -1.91. The second-order valence-corrected chi connectivity index (χ2v) is 6.88. The van der Waals surface area contributed by atoms with Gasteiger partial charge in [-0.1, -0.05) is 46.3 Å². The summed E-state index contributed by atoms with van der Waals surface area (Å²) < 4.78 is 7.42. The third kappa shape index (κ3) is 2.84. The van der Waals surface area contributed by atoms with Gasteiger partial charge in [-0.25, -0.2) is 4.98 Å². The van der Waals surface area contributed by atoms with E-state index in [1.54, 1.807) is 0 Å². The van der Waals surface area contributed by atoms with Gasteiger partial charge < -0.3 is 4.42 Å². The quantitative estimate of drug-likeness (QED) is 0.355. The minimum atomic E-state index is 0.700. The lowest BCUT2D eigenvalue weighted by Gasteiger charge is -2.09. The van der Waals surface area contributed by atoms with E-state index in [2.05, 4.69) is 56.1 Å². The zero-order valence-corrected chi connectivity index (χ0v) is 15.1. The molecule has 4 heteroatoms. The van der Waals surface area contributed by atoms with Crippen molar-refractivity contribution in [3.05, 3.63) is 75.9 Å². The molecule has 0 radical (unpaired) electrons. The second kappa shape index (κ2) is 5.95. The van der Waals surface area contributed by atoms with Crippen LogP contribution < -0.4 is 0 Å². The highest BCUT2D eigenvalue weighted by molar-refractivity contribution is 9.10. The van der Waals surface area contributed by atoms with Gasteiger partial charge in [0, 0.05) is 9.86 Å². The van der Waals surface area contributed by atoms with Crippen LogP contribution in [0.3, 0.4) is 0 Å². The molecule has 112 valence electrons. The standard InChI is InChI=1S/C19H11Br2NO/c20-13-6-7-16-15(10-13)14(12-4-2-1-3-5-12)11-17(22-16)18-8-9-19(21)23-18/h1-11H. The number of nitrogens with zero attached hydrogens (tertiary/aromatic N) is 1. The van der Waals surface area contributed by atoms with Gasteiger partial charge in [0.25, 0.3) is 0 Å². The summed E-state index contributed by atoms with van der Waals surface area (Å²) in [5, 5.41) is 1.11. The Morgan fingerprint density at radius 3 is 2.39 bits per heavy atom. The molecule has 0 aliphatic heterocycles. The van der Waals surface area contributed by atoms with E-state index in [4.69, 9.17) is 9.40 Å². The molecule has 0 bridgehead atoms. The largest absolute Gasteiger partial charge is 0.448 e. The molecule has 0 aliphatic carbocycles. The Balaban J connectivity index is 2.03. The maximum absolute atomic E-state index is 5.68. The van der Waals surface area contributed by atoms with Crippen molar-refractivity contribution in [2.24, 2.45) is 0 Å². The molecule has 4 aromatic rings. The van der Waals surface area contributed by atoms with Gasteiger partial charge in [-0.05, 0) is 63.5 Å². The predicted molar refractivity (Wildman–Crippen MR) is 100 cm³/mol. The van der Waals surface area contributed by atoms with Crippen LogP contribution >= 0.6 is 31.9 Å². The Bertz CT molecular complexity index is 993. The van der Waals surface area contributed by atoms with Gasteiger partial charge in [0.05, 0.1) is 5.52 Å². The fraction of sp³-hybridized carbons (Fsp3) is 0. The SMILES string of the molecule is Brc1ccc2nc(-c3ccc(Br)o3)cc(-c3ccccc3)c2c1. The van der Waals surface area contributed by atoms with Crippen molar-refractivity contribution in [2.75, 3.05) is 0 Å². The van der Waals surface area contributed by atoms with Gasteiger partial charge in [0.2, 0.25) is 0 Å². The molecular formula is C19H11Br2NO. The van der Waals surface area contributed by atoms with Crippen LogP contribution in [0.5, 0.6) is 0 Å². The molecular weight excluding hydrogens is 418 g/mol. The summed E-state index contributed by atoms with van der Waals surface area (Å²) in [5.41, 5.74) is 4.06. The molecule has 0 N–H and O–H groups in total. The highest BCUT2D eigenvalue weighted by atomic mass is 79.9. The lowest BCUT2D eigenvalue weighted by molar-refractivity contribution is 0.554. The number of fused-ring (bicyclic) bond motifs is 1. The summed E-state index contributed by atoms with van der Waals surface area (Å²) in [4.78, 5) is 4.75. The average Bonchev–Trinajstić information content (AvgIpc) is 3.01. The molecule has 23 heavy (non-hydrogen) atoms. The summed E-state index contributed by atoms with van der Waals surface area (Å²) >= 11 is 6.90. The summed E-state index contributed by atoms with van der Waals surface area (Å²) in [6, 6.07) is 22.3. The van der Waals surface area contributed by atoms with Crippen LogP contribution in [0.4, 0.5) is 0 Å². The first-order valence-corrected chi connectivity index (χ1v) is 8.71. The first kappa shape index (κ1) is 14.7. The van der Waals surface area contributed by atoms with E-state index < -0.39 is 0 Å². The van der Waals surface area contributed by atoms with E-state index in [1.807, 2.05) is 42.5 Å². The van der Waals surface area contributed by atoms with Gasteiger partial charge >= 0.3 is 0 Å². The van der Waals surface area contributed by atoms with Crippen molar-refractivity contribution in [3.8, 4) is 22.6 Å². The number of hydrogen-bond donors (Lipinski definition) is 0. The molecule has 2 aromatic carbocycles. The molecule has 0 aliphatic rings. The minimum Gasteiger partial charge on any atom is -0.448 e. The number of furan rings is 1. The fourth-order valence-electron chi connectivity index (χ4n) is 2.63. The lowest BCUT2D eigenvalue weighted by Crippen LogP contribution is -1.89. The Morgan fingerprint density at radius 1 is 0.826 bits per heavy atom. The summed E-state index contributed by atoms with van der Waals surface area (Å²) in [5.74, 6) is 0.749. The van der Waals surface area contributed by atoms with E-state index in [9.17, 15) is 0 Å². The smallest absolute Gasteiger partial charge is 0.169 e. The highest BCUT2D eigenvalue weighted by Gasteiger charge is 2.12. The number of pyridine rings is 1. The van der Waals surface area contributed by atoms with Crippen molar-refractivity contribution in [2.45, 2.75) is 0 Å². The molecule has 0 spiro atoms. The molecule has 0 atom stereocenters. The van der Waals surface area contributed by atoms with E-state index >= 15 is 0 Å². The fourth-order valence-corrected chi connectivity index (χ4v) is 3.30. The number of halogens is 2. The number of aromatic nitrogens is 1. The highest BCUT2D eigenvalue weighted by Crippen LogP contribution is 2.34. The summed E-state index contributed by atoms with van der Waals surface area (Å²) in [7, 11) is 0. The molecule has 2 heterocycles.